The third kappa shape index (κ3) is 2.93. The first-order valence-electron chi connectivity index (χ1n) is 8.01. The first kappa shape index (κ1) is 14.5. The summed E-state index contributed by atoms with van der Waals surface area (Å²) >= 11 is 0. The van der Waals surface area contributed by atoms with E-state index in [-0.39, 0.29) is 0 Å². The van der Waals surface area contributed by atoms with Crippen LogP contribution in [0.2, 0.25) is 0 Å². The largest absolute Gasteiger partial charge is 0.396 e. The first-order valence-corrected chi connectivity index (χ1v) is 8.01. The van der Waals surface area contributed by atoms with Crippen molar-refractivity contribution in [2.75, 3.05) is 6.61 Å². The Hall–Kier alpha value is -1.48. The van der Waals surface area contributed by atoms with E-state index in [9.17, 15) is 0 Å². The molecule has 0 amide bonds. The molecule has 112 valence electrons. The number of rotatable bonds is 3. The van der Waals surface area contributed by atoms with Gasteiger partial charge in [0.2, 0.25) is 0 Å². The van der Waals surface area contributed by atoms with Crippen molar-refractivity contribution in [3.63, 3.8) is 0 Å². The molecule has 0 aliphatic heterocycles. The van der Waals surface area contributed by atoms with Crippen molar-refractivity contribution >= 4 is 10.9 Å². The molecular formula is C18H24N2O. The van der Waals surface area contributed by atoms with Crippen molar-refractivity contribution in [3.8, 4) is 0 Å². The molecule has 0 spiro atoms. The lowest BCUT2D eigenvalue weighted by atomic mass is 9.78. The lowest BCUT2D eigenvalue weighted by Gasteiger charge is -2.28. The highest BCUT2D eigenvalue weighted by atomic mass is 16.3. The Kier molecular flexibility index (Phi) is 4.20. The number of nitrogens with zero attached hydrogens (tertiary/aromatic N) is 2. The summed E-state index contributed by atoms with van der Waals surface area (Å²) in [4.78, 5) is 9.05. The van der Waals surface area contributed by atoms with Gasteiger partial charge in [-0.25, -0.2) is 9.97 Å². The molecule has 3 nitrogen and oxygen atoms in total. The van der Waals surface area contributed by atoms with E-state index in [0.717, 1.165) is 11.9 Å². The number of fused-ring (bicyclic) bond motifs is 1. The second-order valence-corrected chi connectivity index (χ2v) is 6.44. The lowest BCUT2D eigenvalue weighted by molar-refractivity contribution is 0.222. The van der Waals surface area contributed by atoms with Crippen LogP contribution in [0.15, 0.2) is 18.5 Å². The minimum Gasteiger partial charge on any atom is -0.396 e. The van der Waals surface area contributed by atoms with E-state index in [1.54, 1.807) is 6.33 Å². The molecule has 3 heteroatoms. The van der Waals surface area contributed by atoms with Gasteiger partial charge in [-0.05, 0) is 75.1 Å². The van der Waals surface area contributed by atoms with Gasteiger partial charge in [-0.3, -0.25) is 0 Å². The van der Waals surface area contributed by atoms with E-state index in [2.05, 4.69) is 35.9 Å². The molecule has 0 bridgehead atoms. The van der Waals surface area contributed by atoms with Crippen LogP contribution >= 0.6 is 0 Å². The van der Waals surface area contributed by atoms with Gasteiger partial charge in [-0.2, -0.15) is 0 Å². The first-order chi connectivity index (χ1) is 10.2. The van der Waals surface area contributed by atoms with Crippen LogP contribution in [-0.4, -0.2) is 21.7 Å². The van der Waals surface area contributed by atoms with E-state index >= 15 is 0 Å². The van der Waals surface area contributed by atoms with Crippen molar-refractivity contribution in [1.82, 2.24) is 9.97 Å². The Morgan fingerprint density at radius 2 is 1.76 bits per heavy atom. The fourth-order valence-electron chi connectivity index (χ4n) is 3.57. The fraction of sp³-hybridized carbons (Fsp3) is 0.556. The van der Waals surface area contributed by atoms with Gasteiger partial charge in [0.15, 0.2) is 0 Å². The van der Waals surface area contributed by atoms with E-state index in [0.29, 0.717) is 18.4 Å². The van der Waals surface area contributed by atoms with Gasteiger partial charge in [-0.15, -0.1) is 0 Å². The van der Waals surface area contributed by atoms with Crippen LogP contribution in [0.4, 0.5) is 0 Å². The molecule has 1 aliphatic carbocycles. The lowest BCUT2D eigenvalue weighted by Crippen LogP contribution is -2.15. The number of aliphatic hydroxyl groups is 1. The molecule has 0 saturated heterocycles. The van der Waals surface area contributed by atoms with E-state index < -0.39 is 0 Å². The maximum Gasteiger partial charge on any atom is 0.116 e. The monoisotopic (exact) mass is 284 g/mol. The van der Waals surface area contributed by atoms with Gasteiger partial charge >= 0.3 is 0 Å². The summed E-state index contributed by atoms with van der Waals surface area (Å²) in [5, 5.41) is 10.3. The number of benzene rings is 1. The average molecular weight is 284 g/mol. The van der Waals surface area contributed by atoms with Gasteiger partial charge in [0.1, 0.15) is 6.33 Å². The molecule has 1 heterocycles. The van der Waals surface area contributed by atoms with Crippen LogP contribution in [0, 0.1) is 19.8 Å². The smallest absolute Gasteiger partial charge is 0.116 e. The number of aromatic nitrogens is 2. The van der Waals surface area contributed by atoms with Crippen LogP contribution in [-0.2, 0) is 0 Å². The van der Waals surface area contributed by atoms with Crippen molar-refractivity contribution in [2.45, 2.75) is 51.9 Å². The average Bonchev–Trinajstić information content (AvgIpc) is 2.49. The van der Waals surface area contributed by atoms with Crippen LogP contribution in [0.5, 0.6) is 0 Å². The Labute approximate surface area is 126 Å². The summed E-state index contributed by atoms with van der Waals surface area (Å²) < 4.78 is 0. The van der Waals surface area contributed by atoms with E-state index in [4.69, 9.17) is 5.11 Å². The van der Waals surface area contributed by atoms with Crippen LogP contribution in [0.25, 0.3) is 10.9 Å². The zero-order valence-electron chi connectivity index (χ0n) is 13.0. The SMILES string of the molecule is Cc1cc2ncnc(C3CCC(CCO)CC3)c2cc1C. The van der Waals surface area contributed by atoms with E-state index in [1.165, 1.54) is 47.9 Å². The highest BCUT2D eigenvalue weighted by molar-refractivity contribution is 5.82. The normalized spacial score (nSPS) is 22.6. The zero-order valence-corrected chi connectivity index (χ0v) is 13.0. The minimum atomic E-state index is 0.324. The van der Waals surface area contributed by atoms with Gasteiger partial charge in [0.25, 0.3) is 0 Å². The van der Waals surface area contributed by atoms with Gasteiger partial charge in [0, 0.05) is 17.9 Å². The fourth-order valence-corrected chi connectivity index (χ4v) is 3.57. The Morgan fingerprint density at radius 3 is 2.48 bits per heavy atom. The summed E-state index contributed by atoms with van der Waals surface area (Å²) in [5.74, 6) is 1.25. The van der Waals surface area contributed by atoms with Gasteiger partial charge in [0.05, 0.1) is 11.2 Å². The van der Waals surface area contributed by atoms with E-state index in [1.807, 2.05) is 0 Å². The molecule has 21 heavy (non-hydrogen) atoms. The summed E-state index contributed by atoms with van der Waals surface area (Å²) in [5.41, 5.74) is 4.90. The molecule has 2 aromatic rings. The number of hydrogen-bond acceptors (Lipinski definition) is 3. The molecule has 1 N–H and O–H groups in total. The third-order valence-corrected chi connectivity index (χ3v) is 5.05. The quantitative estimate of drug-likeness (QED) is 0.929. The minimum absolute atomic E-state index is 0.324. The Bertz CT molecular complexity index is 630. The third-order valence-electron chi connectivity index (χ3n) is 5.05. The molecule has 1 saturated carbocycles. The predicted molar refractivity (Wildman–Crippen MR) is 85.4 cm³/mol. The summed E-state index contributed by atoms with van der Waals surface area (Å²) in [6, 6.07) is 4.42. The topological polar surface area (TPSA) is 46.0 Å². The Balaban J connectivity index is 1.89. The molecule has 3 rings (SSSR count). The zero-order chi connectivity index (χ0) is 14.8. The molecule has 1 aromatic heterocycles. The molecule has 1 fully saturated rings. The van der Waals surface area contributed by atoms with Crippen molar-refractivity contribution in [3.05, 3.63) is 35.3 Å². The number of hydrogen-bond donors (Lipinski definition) is 1. The maximum atomic E-state index is 9.08. The summed E-state index contributed by atoms with van der Waals surface area (Å²) in [7, 11) is 0. The highest BCUT2D eigenvalue weighted by Gasteiger charge is 2.24. The second-order valence-electron chi connectivity index (χ2n) is 6.44. The highest BCUT2D eigenvalue weighted by Crippen LogP contribution is 2.38. The van der Waals surface area contributed by atoms with Crippen molar-refractivity contribution in [2.24, 2.45) is 5.92 Å². The van der Waals surface area contributed by atoms with Gasteiger partial charge in [-0.1, -0.05) is 0 Å². The predicted octanol–water partition coefficient (Wildman–Crippen LogP) is 3.90. The number of aryl methyl sites for hydroxylation is 2. The molecule has 0 radical (unpaired) electrons. The van der Waals surface area contributed by atoms with Crippen LogP contribution < -0.4 is 0 Å². The molecule has 1 aromatic carbocycles. The van der Waals surface area contributed by atoms with Crippen molar-refractivity contribution in [1.29, 1.82) is 0 Å². The second kappa shape index (κ2) is 6.10. The molecular weight excluding hydrogens is 260 g/mol. The van der Waals surface area contributed by atoms with Crippen LogP contribution in [0.3, 0.4) is 0 Å². The molecule has 0 atom stereocenters. The molecule has 1 aliphatic rings. The molecule has 0 unspecified atom stereocenters. The standard InChI is InChI=1S/C18H24N2O/c1-12-9-16-17(10-13(12)2)19-11-20-18(16)15-5-3-14(4-6-15)7-8-21/h9-11,14-15,21H,3-8H2,1-2H3. The summed E-state index contributed by atoms with van der Waals surface area (Å²) in [6.45, 7) is 4.62. The maximum absolute atomic E-state index is 9.08. The Morgan fingerprint density at radius 1 is 1.05 bits per heavy atom. The van der Waals surface area contributed by atoms with Crippen LogP contribution in [0.1, 0.15) is 54.8 Å². The summed E-state index contributed by atoms with van der Waals surface area (Å²) in [6.07, 6.45) is 7.46. The van der Waals surface area contributed by atoms with Gasteiger partial charge < -0.3 is 5.11 Å². The number of aliphatic hydroxyl groups excluding tert-OH is 1. The van der Waals surface area contributed by atoms with Crippen molar-refractivity contribution < 1.29 is 5.11 Å².